The number of aromatic nitrogens is 1. The summed E-state index contributed by atoms with van der Waals surface area (Å²) in [5.74, 6) is -0.897. The van der Waals surface area contributed by atoms with E-state index >= 15 is 0 Å². The van der Waals surface area contributed by atoms with Crippen molar-refractivity contribution >= 4 is 56.9 Å². The van der Waals surface area contributed by atoms with Crippen LogP contribution in [0.25, 0.3) is 10.9 Å². The maximum absolute atomic E-state index is 13.8. The smallest absolute Gasteiger partial charge is 0.257 e. The fraction of sp³-hybridized carbons (Fsp3) is 0.179. The Balaban J connectivity index is 1.47. The first kappa shape index (κ1) is 23.3. The molecule has 0 aliphatic carbocycles. The second kappa shape index (κ2) is 9.65. The molecule has 1 saturated heterocycles. The summed E-state index contributed by atoms with van der Waals surface area (Å²) in [5, 5.41) is 1.09. The van der Waals surface area contributed by atoms with Crippen LogP contribution in [-0.2, 0) is 16.0 Å². The van der Waals surface area contributed by atoms with E-state index in [4.69, 9.17) is 0 Å². The third-order valence-corrected chi connectivity index (χ3v) is 7.24. The highest BCUT2D eigenvalue weighted by Crippen LogP contribution is 2.28. The number of amides is 3. The molecule has 1 unspecified atom stereocenters. The van der Waals surface area contributed by atoms with Gasteiger partial charge < -0.3 is 9.88 Å². The largest absolute Gasteiger partial charge is 0.361 e. The van der Waals surface area contributed by atoms with Crippen molar-refractivity contribution < 1.29 is 14.4 Å². The number of H-pyrrole nitrogens is 1. The molecule has 4 aromatic rings. The molecule has 1 aliphatic rings. The third-order valence-electron chi connectivity index (χ3n) is 6.52. The molecule has 0 spiro atoms. The Hall–Kier alpha value is -3.46. The van der Waals surface area contributed by atoms with Crippen molar-refractivity contribution in [1.29, 1.82) is 0 Å². The number of aromatic amines is 1. The van der Waals surface area contributed by atoms with Crippen molar-refractivity contribution in [3.8, 4) is 0 Å². The van der Waals surface area contributed by atoms with E-state index in [-0.39, 0.29) is 24.1 Å². The van der Waals surface area contributed by atoms with Crippen LogP contribution in [0.1, 0.15) is 27.9 Å². The van der Waals surface area contributed by atoms with Gasteiger partial charge in [-0.3, -0.25) is 14.4 Å². The molecule has 2 heterocycles. The number of carbonyl (C=O) groups is 3. The van der Waals surface area contributed by atoms with Gasteiger partial charge in [0.1, 0.15) is 6.04 Å². The van der Waals surface area contributed by atoms with Gasteiger partial charge in [0, 0.05) is 32.8 Å². The van der Waals surface area contributed by atoms with E-state index in [0.29, 0.717) is 24.2 Å². The molecule has 0 radical (unpaired) electrons. The minimum atomic E-state index is -0.848. The maximum atomic E-state index is 13.8. The van der Waals surface area contributed by atoms with Crippen LogP contribution in [0.3, 0.4) is 0 Å². The van der Waals surface area contributed by atoms with Crippen LogP contribution in [-0.4, -0.2) is 40.2 Å². The van der Waals surface area contributed by atoms with Crippen LogP contribution in [0.4, 0.5) is 5.69 Å². The van der Waals surface area contributed by atoms with E-state index in [9.17, 15) is 14.4 Å². The van der Waals surface area contributed by atoms with Crippen molar-refractivity contribution in [2.45, 2.75) is 25.8 Å². The van der Waals surface area contributed by atoms with Crippen molar-refractivity contribution in [3.63, 3.8) is 0 Å². The van der Waals surface area contributed by atoms with Gasteiger partial charge in [-0.2, -0.15) is 0 Å². The lowest BCUT2D eigenvalue weighted by molar-refractivity contribution is -0.122. The van der Waals surface area contributed by atoms with Crippen LogP contribution in [0.5, 0.6) is 0 Å². The van der Waals surface area contributed by atoms with Crippen LogP contribution < -0.4 is 4.90 Å². The molecule has 35 heavy (non-hydrogen) atoms. The first-order chi connectivity index (χ1) is 16.9. The number of carbonyl (C=O) groups excluding carboxylic acids is 3. The van der Waals surface area contributed by atoms with Crippen LogP contribution in [0.15, 0.2) is 79.0 Å². The summed E-state index contributed by atoms with van der Waals surface area (Å²) >= 11 is 2.18. The molecule has 5 rings (SSSR count). The Morgan fingerprint density at radius 2 is 1.74 bits per heavy atom. The number of benzene rings is 3. The molecular formula is C28H24IN3O3. The zero-order chi connectivity index (χ0) is 24.5. The van der Waals surface area contributed by atoms with Crippen LogP contribution in [0, 0.1) is 10.5 Å². The van der Waals surface area contributed by atoms with E-state index in [2.05, 4.69) is 27.6 Å². The summed E-state index contributed by atoms with van der Waals surface area (Å²) in [6.07, 6.45) is 2.47. The Morgan fingerprint density at radius 1 is 1.03 bits per heavy atom. The van der Waals surface area contributed by atoms with Gasteiger partial charge in [0.05, 0.1) is 12.1 Å². The highest BCUT2D eigenvalue weighted by Gasteiger charge is 2.44. The molecule has 0 bridgehead atoms. The molecule has 0 saturated carbocycles. The predicted octanol–water partition coefficient (Wildman–Crippen LogP) is 5.10. The summed E-state index contributed by atoms with van der Waals surface area (Å²) < 4.78 is 1.01. The number of nitrogens with zero attached hydrogens (tertiary/aromatic N) is 2. The molecule has 7 heteroatoms. The van der Waals surface area contributed by atoms with Gasteiger partial charge in [-0.1, -0.05) is 36.4 Å². The minimum Gasteiger partial charge on any atom is -0.361 e. The van der Waals surface area contributed by atoms with Gasteiger partial charge in [0.25, 0.3) is 11.8 Å². The van der Waals surface area contributed by atoms with Gasteiger partial charge in [-0.25, -0.2) is 4.90 Å². The molecule has 176 valence electrons. The zero-order valence-corrected chi connectivity index (χ0v) is 21.4. The van der Waals surface area contributed by atoms with E-state index in [1.54, 1.807) is 23.1 Å². The van der Waals surface area contributed by atoms with Gasteiger partial charge in [-0.15, -0.1) is 0 Å². The minimum absolute atomic E-state index is 0.0314. The summed E-state index contributed by atoms with van der Waals surface area (Å²) in [6, 6.07) is 21.7. The quantitative estimate of drug-likeness (QED) is 0.256. The van der Waals surface area contributed by atoms with Crippen molar-refractivity contribution in [2.24, 2.45) is 0 Å². The monoisotopic (exact) mass is 577 g/mol. The highest BCUT2D eigenvalue weighted by molar-refractivity contribution is 14.1. The maximum Gasteiger partial charge on any atom is 0.257 e. The van der Waals surface area contributed by atoms with Crippen molar-refractivity contribution in [3.05, 3.63) is 99.3 Å². The number of hydrogen-bond acceptors (Lipinski definition) is 3. The van der Waals surface area contributed by atoms with E-state index < -0.39 is 6.04 Å². The lowest BCUT2D eigenvalue weighted by Crippen LogP contribution is -2.46. The second-order valence-electron chi connectivity index (χ2n) is 8.69. The number of fused-ring (bicyclic) bond motifs is 1. The summed E-state index contributed by atoms with van der Waals surface area (Å²) in [4.78, 5) is 46.3. The van der Waals surface area contributed by atoms with E-state index in [0.717, 1.165) is 25.6 Å². The zero-order valence-electron chi connectivity index (χ0n) is 19.2. The molecule has 1 aliphatic heterocycles. The second-order valence-corrected chi connectivity index (χ2v) is 9.93. The SMILES string of the molecule is Cc1ccccc1C(=O)N(CCc1c[nH]c2ccccc12)C1CC(=O)N(c2ccc(I)cc2)C1=O. The lowest BCUT2D eigenvalue weighted by atomic mass is 10.0. The molecular weight excluding hydrogens is 553 g/mol. The van der Waals surface area contributed by atoms with Gasteiger partial charge in [0.2, 0.25) is 5.91 Å². The number of halogens is 1. The Labute approximate surface area is 217 Å². The number of para-hydroxylation sites is 1. The molecule has 1 atom stereocenters. The first-order valence-electron chi connectivity index (χ1n) is 11.5. The molecule has 1 N–H and O–H groups in total. The van der Waals surface area contributed by atoms with Crippen molar-refractivity contribution in [1.82, 2.24) is 9.88 Å². The summed E-state index contributed by atoms with van der Waals surface area (Å²) in [6.45, 7) is 2.20. The molecule has 3 aromatic carbocycles. The fourth-order valence-electron chi connectivity index (χ4n) is 4.67. The highest BCUT2D eigenvalue weighted by atomic mass is 127. The summed E-state index contributed by atoms with van der Waals surface area (Å²) in [7, 11) is 0. The van der Waals surface area contributed by atoms with Crippen molar-refractivity contribution in [2.75, 3.05) is 11.4 Å². The van der Waals surface area contributed by atoms with Gasteiger partial charge in [0.15, 0.2) is 0 Å². The number of nitrogens with one attached hydrogen (secondary N) is 1. The standard InChI is InChI=1S/C28H24IN3O3/c1-18-6-2-3-7-22(18)27(34)31(15-14-19-17-30-24-9-5-4-8-23(19)24)25-16-26(33)32(28(25)35)21-12-10-20(29)11-13-21/h2-13,17,25,30H,14-16H2,1H3. The molecule has 1 fully saturated rings. The van der Waals surface area contributed by atoms with Gasteiger partial charge >= 0.3 is 0 Å². The topological polar surface area (TPSA) is 73.5 Å². The predicted molar refractivity (Wildman–Crippen MR) is 144 cm³/mol. The number of imide groups is 1. The lowest BCUT2D eigenvalue weighted by Gasteiger charge is -2.28. The average Bonchev–Trinajstić information content (AvgIpc) is 3.40. The summed E-state index contributed by atoms with van der Waals surface area (Å²) in [5.41, 5.74) is 3.99. The number of aryl methyl sites for hydroxylation is 1. The molecule has 1 aromatic heterocycles. The normalized spacial score (nSPS) is 15.7. The van der Waals surface area contributed by atoms with Crippen LogP contribution in [0.2, 0.25) is 0 Å². The fourth-order valence-corrected chi connectivity index (χ4v) is 5.03. The Kier molecular flexibility index (Phi) is 6.42. The number of anilines is 1. The number of hydrogen-bond donors (Lipinski definition) is 1. The average molecular weight is 577 g/mol. The molecule has 6 nitrogen and oxygen atoms in total. The Morgan fingerprint density at radius 3 is 2.51 bits per heavy atom. The van der Waals surface area contributed by atoms with E-state index in [1.807, 2.05) is 67.7 Å². The number of rotatable bonds is 6. The first-order valence-corrected chi connectivity index (χ1v) is 12.6. The van der Waals surface area contributed by atoms with E-state index in [1.165, 1.54) is 4.90 Å². The Bertz CT molecular complexity index is 1430. The van der Waals surface area contributed by atoms with Crippen LogP contribution >= 0.6 is 22.6 Å². The third kappa shape index (κ3) is 4.48. The molecule has 3 amide bonds. The van der Waals surface area contributed by atoms with Gasteiger partial charge in [-0.05, 0) is 83.5 Å².